The predicted octanol–water partition coefficient (Wildman–Crippen LogP) is 5.84. The molecule has 1 N–H and O–H groups in total. The van der Waals surface area contributed by atoms with E-state index in [1.807, 2.05) is 0 Å². The van der Waals surface area contributed by atoms with Gasteiger partial charge in [0.05, 0.1) is 22.5 Å². The third-order valence-corrected chi connectivity index (χ3v) is 5.93. The van der Waals surface area contributed by atoms with Crippen LogP contribution in [-0.4, -0.2) is 29.9 Å². The number of hydrogen-bond acceptors (Lipinski definition) is 5. The van der Waals surface area contributed by atoms with Crippen LogP contribution in [-0.2, 0) is 17.1 Å². The molecule has 0 aliphatic carbocycles. The number of halogens is 6. The normalized spacial score (nSPS) is 16.1. The summed E-state index contributed by atoms with van der Waals surface area (Å²) in [6, 6.07) is 5.58. The van der Waals surface area contributed by atoms with E-state index >= 15 is 0 Å². The smallest absolute Gasteiger partial charge is 0.416 e. The van der Waals surface area contributed by atoms with Crippen LogP contribution in [0.5, 0.6) is 5.75 Å². The van der Waals surface area contributed by atoms with Gasteiger partial charge in [0.25, 0.3) is 11.8 Å². The topological polar surface area (TPSA) is 71.5 Å². The quantitative estimate of drug-likeness (QED) is 0.445. The molecule has 6 nitrogen and oxygen atoms in total. The minimum absolute atomic E-state index is 0.0389. The van der Waals surface area contributed by atoms with Gasteiger partial charge in [-0.05, 0) is 43.3 Å². The summed E-state index contributed by atoms with van der Waals surface area (Å²) >= 11 is 0.927. The lowest BCUT2D eigenvalue weighted by Crippen LogP contribution is -2.41. The highest BCUT2D eigenvalue weighted by molar-refractivity contribution is 7.14. The van der Waals surface area contributed by atoms with Gasteiger partial charge in [-0.1, -0.05) is 0 Å². The van der Waals surface area contributed by atoms with Gasteiger partial charge < -0.3 is 9.64 Å². The molecule has 3 aromatic rings. The molecule has 13 heteroatoms. The van der Waals surface area contributed by atoms with Gasteiger partial charge in [0.1, 0.15) is 5.75 Å². The van der Waals surface area contributed by atoms with Gasteiger partial charge >= 0.3 is 12.4 Å². The summed E-state index contributed by atoms with van der Waals surface area (Å²) in [6.07, 6.45) is -10.8. The monoisotopic (exact) mass is 515 g/mol. The van der Waals surface area contributed by atoms with E-state index in [0.717, 1.165) is 11.3 Å². The molecule has 0 spiro atoms. The van der Waals surface area contributed by atoms with Crippen molar-refractivity contribution in [3.05, 3.63) is 58.5 Å². The summed E-state index contributed by atoms with van der Waals surface area (Å²) in [4.78, 5) is 30.3. The number of nitrogens with one attached hydrogen (secondary N) is 1. The van der Waals surface area contributed by atoms with Crippen molar-refractivity contribution in [2.75, 3.05) is 17.3 Å². The summed E-state index contributed by atoms with van der Waals surface area (Å²) < 4.78 is 84.0. The minimum Gasteiger partial charge on any atom is -0.479 e. The highest BCUT2D eigenvalue weighted by Gasteiger charge is 2.37. The number of hydrogen-bond donors (Lipinski definition) is 1. The average molecular weight is 515 g/mol. The Morgan fingerprint density at radius 3 is 2.29 bits per heavy atom. The van der Waals surface area contributed by atoms with E-state index < -0.39 is 41.1 Å². The lowest BCUT2D eigenvalue weighted by Gasteiger charge is -2.30. The molecule has 0 fully saturated rings. The van der Waals surface area contributed by atoms with E-state index in [4.69, 9.17) is 4.74 Å². The number of amides is 2. The first-order valence-corrected chi connectivity index (χ1v) is 10.8. The standard InChI is InChI=1S/C22H15F6N3O3S/c1-10-19(33)31(2)16-7-11(3-4-17(16)34-10)15-9-35-20(29-15)30-18(32)12-5-13(21(23,24)25)8-14(6-12)22(26,27)28/h3-10H,1-2H3,(H,29,30,32). The number of nitrogens with zero attached hydrogens (tertiary/aromatic N) is 2. The second-order valence-corrected chi connectivity index (χ2v) is 8.48. The maximum Gasteiger partial charge on any atom is 0.416 e. The van der Waals surface area contributed by atoms with Crippen LogP contribution in [0.2, 0.25) is 0 Å². The number of likely N-dealkylation sites (N-methyl/N-ethyl adjacent to an activating group) is 1. The first kappa shape index (κ1) is 24.5. The second kappa shape index (κ2) is 8.56. The zero-order valence-electron chi connectivity index (χ0n) is 17.9. The summed E-state index contributed by atoms with van der Waals surface area (Å²) in [5.74, 6) is -0.946. The minimum atomic E-state index is -5.08. The molecule has 2 aromatic carbocycles. The van der Waals surface area contributed by atoms with Crippen LogP contribution in [0.4, 0.5) is 37.2 Å². The Kier molecular flexibility index (Phi) is 5.99. The Morgan fingerprint density at radius 2 is 1.69 bits per heavy atom. The number of carbonyl (C=O) groups excluding carboxylic acids is 2. The molecule has 184 valence electrons. The van der Waals surface area contributed by atoms with Crippen LogP contribution in [0.25, 0.3) is 11.3 Å². The van der Waals surface area contributed by atoms with Crippen molar-refractivity contribution in [1.29, 1.82) is 0 Å². The third kappa shape index (κ3) is 4.94. The van der Waals surface area contributed by atoms with Crippen molar-refractivity contribution in [2.45, 2.75) is 25.4 Å². The van der Waals surface area contributed by atoms with E-state index in [2.05, 4.69) is 10.3 Å². The lowest BCUT2D eigenvalue weighted by atomic mass is 10.0. The third-order valence-electron chi connectivity index (χ3n) is 5.17. The maximum atomic E-state index is 13.1. The van der Waals surface area contributed by atoms with Gasteiger partial charge in [-0.2, -0.15) is 26.3 Å². The number of ether oxygens (including phenoxy) is 1. The van der Waals surface area contributed by atoms with Gasteiger partial charge in [0.2, 0.25) is 0 Å². The van der Waals surface area contributed by atoms with Crippen LogP contribution in [0.1, 0.15) is 28.4 Å². The largest absolute Gasteiger partial charge is 0.479 e. The molecule has 1 aliphatic heterocycles. The number of fused-ring (bicyclic) bond motifs is 1. The molecule has 1 aliphatic rings. The number of alkyl halides is 6. The zero-order valence-corrected chi connectivity index (χ0v) is 18.7. The van der Waals surface area contributed by atoms with Crippen molar-refractivity contribution >= 4 is 34.0 Å². The van der Waals surface area contributed by atoms with Gasteiger partial charge in [-0.15, -0.1) is 11.3 Å². The van der Waals surface area contributed by atoms with Crippen LogP contribution in [0.15, 0.2) is 41.8 Å². The first-order chi connectivity index (χ1) is 16.2. The maximum absolute atomic E-state index is 13.1. The molecule has 0 bridgehead atoms. The number of carbonyl (C=O) groups is 2. The molecule has 0 saturated heterocycles. The van der Waals surface area contributed by atoms with Crippen molar-refractivity contribution in [2.24, 2.45) is 0 Å². The molecular formula is C22H15F6N3O3S. The van der Waals surface area contributed by atoms with Crippen LogP contribution in [0.3, 0.4) is 0 Å². The molecule has 1 atom stereocenters. The highest BCUT2D eigenvalue weighted by Crippen LogP contribution is 2.38. The second-order valence-electron chi connectivity index (χ2n) is 7.63. The molecule has 4 rings (SSSR count). The van der Waals surface area contributed by atoms with E-state index in [0.29, 0.717) is 34.8 Å². The Hall–Kier alpha value is -3.61. The van der Waals surface area contributed by atoms with Gasteiger partial charge in [-0.25, -0.2) is 4.98 Å². The van der Waals surface area contributed by atoms with Crippen LogP contribution >= 0.6 is 11.3 Å². The van der Waals surface area contributed by atoms with E-state index in [-0.39, 0.29) is 17.1 Å². The van der Waals surface area contributed by atoms with Gasteiger partial charge in [0.15, 0.2) is 11.2 Å². The van der Waals surface area contributed by atoms with Crippen LogP contribution in [0, 0.1) is 0 Å². The summed E-state index contributed by atoms with van der Waals surface area (Å²) in [7, 11) is 1.58. The summed E-state index contributed by atoms with van der Waals surface area (Å²) in [6.45, 7) is 1.62. The molecular weight excluding hydrogens is 500 g/mol. The van der Waals surface area contributed by atoms with Crippen molar-refractivity contribution < 1.29 is 40.7 Å². The van der Waals surface area contributed by atoms with Crippen LogP contribution < -0.4 is 15.0 Å². The number of anilines is 2. The molecule has 1 unspecified atom stereocenters. The van der Waals surface area contributed by atoms with Gasteiger partial charge in [-0.3, -0.25) is 14.9 Å². The number of aromatic nitrogens is 1. The fraction of sp³-hybridized carbons (Fsp3) is 0.227. The molecule has 35 heavy (non-hydrogen) atoms. The fourth-order valence-corrected chi connectivity index (χ4v) is 4.10. The first-order valence-electron chi connectivity index (χ1n) is 9.89. The molecule has 2 heterocycles. The molecule has 2 amide bonds. The van der Waals surface area contributed by atoms with Gasteiger partial charge in [0, 0.05) is 23.6 Å². The Labute approximate surface area is 198 Å². The summed E-state index contributed by atoms with van der Waals surface area (Å²) in [5, 5.41) is 3.74. The summed E-state index contributed by atoms with van der Waals surface area (Å²) in [5.41, 5.74) is -2.59. The molecule has 0 saturated carbocycles. The Bertz CT molecular complexity index is 1290. The fourth-order valence-electron chi connectivity index (χ4n) is 3.39. The predicted molar refractivity (Wildman–Crippen MR) is 115 cm³/mol. The lowest BCUT2D eigenvalue weighted by molar-refractivity contribution is -0.143. The van der Waals surface area contributed by atoms with Crippen molar-refractivity contribution in [3.8, 4) is 17.0 Å². The average Bonchev–Trinajstić information content (AvgIpc) is 3.24. The zero-order chi connectivity index (χ0) is 25.7. The van der Waals surface area contributed by atoms with E-state index in [9.17, 15) is 35.9 Å². The van der Waals surface area contributed by atoms with E-state index in [1.165, 1.54) is 4.90 Å². The van der Waals surface area contributed by atoms with Crippen molar-refractivity contribution in [3.63, 3.8) is 0 Å². The SMILES string of the molecule is CC1Oc2ccc(-c3csc(NC(=O)c4cc(C(F)(F)F)cc(C(F)(F)F)c4)n3)cc2N(C)C1=O. The molecule has 1 aromatic heterocycles. The number of rotatable bonds is 3. The Morgan fingerprint density at radius 1 is 1.06 bits per heavy atom. The number of thiazole rings is 1. The van der Waals surface area contributed by atoms with Crippen molar-refractivity contribution in [1.82, 2.24) is 4.98 Å². The number of benzene rings is 2. The Balaban J connectivity index is 1.60. The van der Waals surface area contributed by atoms with E-state index in [1.54, 1.807) is 37.6 Å². The highest BCUT2D eigenvalue weighted by atomic mass is 32.1. The molecule has 0 radical (unpaired) electrons.